The SMILES string of the molecule is CC(C(=O)O)C(=O)[C@@H]1CCC(=O)N1.COC(=O)CC(=O)[C@@H]1CCC(=O)N1. The molecule has 144 valence electrons. The van der Waals surface area contributed by atoms with Crippen molar-refractivity contribution in [1.29, 1.82) is 0 Å². The van der Waals surface area contributed by atoms with Gasteiger partial charge in [0.25, 0.3) is 0 Å². The second-order valence-corrected chi connectivity index (χ2v) is 6.00. The molecule has 10 nitrogen and oxygen atoms in total. The van der Waals surface area contributed by atoms with Gasteiger partial charge in [0.05, 0.1) is 19.2 Å². The number of ketones is 2. The molecular formula is C16H22N2O8. The zero-order valence-corrected chi connectivity index (χ0v) is 14.6. The maximum atomic E-state index is 11.3. The van der Waals surface area contributed by atoms with Crippen LogP contribution in [0.5, 0.6) is 0 Å². The molecule has 3 atom stereocenters. The highest BCUT2D eigenvalue weighted by molar-refractivity contribution is 6.03. The molecule has 3 N–H and O–H groups in total. The van der Waals surface area contributed by atoms with E-state index in [4.69, 9.17) is 5.11 Å². The van der Waals surface area contributed by atoms with Gasteiger partial charge in [-0.1, -0.05) is 0 Å². The molecule has 2 amide bonds. The van der Waals surface area contributed by atoms with E-state index in [9.17, 15) is 28.8 Å². The zero-order valence-electron chi connectivity index (χ0n) is 14.6. The molecule has 2 heterocycles. The van der Waals surface area contributed by atoms with Gasteiger partial charge >= 0.3 is 11.9 Å². The number of carbonyl (C=O) groups excluding carboxylic acids is 5. The summed E-state index contributed by atoms with van der Waals surface area (Å²) in [6.07, 6.45) is 1.30. The Labute approximate surface area is 149 Å². The molecule has 2 fully saturated rings. The summed E-state index contributed by atoms with van der Waals surface area (Å²) in [5, 5.41) is 13.5. The van der Waals surface area contributed by atoms with Crippen LogP contribution in [0, 0.1) is 5.92 Å². The normalized spacial score (nSPS) is 22.4. The molecule has 0 aliphatic carbocycles. The molecule has 0 aromatic rings. The summed E-state index contributed by atoms with van der Waals surface area (Å²) in [6, 6.07) is -1.09. The number of carboxylic acid groups (broad SMARTS) is 1. The molecular weight excluding hydrogens is 348 g/mol. The number of esters is 1. The molecule has 0 bridgehead atoms. The van der Waals surface area contributed by atoms with Gasteiger partial charge in [-0.05, 0) is 19.8 Å². The van der Waals surface area contributed by atoms with Crippen LogP contribution in [0.2, 0.25) is 0 Å². The minimum Gasteiger partial charge on any atom is -0.481 e. The average molecular weight is 370 g/mol. The first kappa shape index (κ1) is 21.3. The summed E-state index contributed by atoms with van der Waals surface area (Å²) in [4.78, 5) is 65.2. The third kappa shape index (κ3) is 6.26. The summed E-state index contributed by atoms with van der Waals surface area (Å²) < 4.78 is 4.33. The Bertz CT molecular complexity index is 613. The Morgan fingerprint density at radius 3 is 1.96 bits per heavy atom. The summed E-state index contributed by atoms with van der Waals surface area (Å²) in [5.74, 6) is -3.77. The smallest absolute Gasteiger partial charge is 0.313 e. The van der Waals surface area contributed by atoms with E-state index < -0.39 is 35.7 Å². The first-order valence-corrected chi connectivity index (χ1v) is 8.10. The molecule has 0 spiro atoms. The number of carbonyl (C=O) groups is 6. The van der Waals surface area contributed by atoms with E-state index in [1.165, 1.54) is 14.0 Å². The van der Waals surface area contributed by atoms with Crippen molar-refractivity contribution in [3.05, 3.63) is 0 Å². The lowest BCUT2D eigenvalue weighted by Crippen LogP contribution is -2.38. The van der Waals surface area contributed by atoms with E-state index >= 15 is 0 Å². The monoisotopic (exact) mass is 370 g/mol. The zero-order chi connectivity index (χ0) is 19.9. The van der Waals surface area contributed by atoms with Gasteiger partial charge < -0.3 is 20.5 Å². The van der Waals surface area contributed by atoms with Crippen LogP contribution in [0.4, 0.5) is 0 Å². The molecule has 0 aromatic heterocycles. The molecule has 2 saturated heterocycles. The first-order chi connectivity index (χ1) is 12.1. The highest BCUT2D eigenvalue weighted by atomic mass is 16.5. The highest BCUT2D eigenvalue weighted by Crippen LogP contribution is 2.12. The van der Waals surface area contributed by atoms with E-state index in [2.05, 4.69) is 15.4 Å². The summed E-state index contributed by atoms with van der Waals surface area (Å²) in [6.45, 7) is 1.33. The second-order valence-electron chi connectivity index (χ2n) is 6.00. The van der Waals surface area contributed by atoms with Gasteiger partial charge in [-0.2, -0.15) is 0 Å². The van der Waals surface area contributed by atoms with Gasteiger partial charge in [0, 0.05) is 12.8 Å². The fraction of sp³-hybridized carbons (Fsp3) is 0.625. The first-order valence-electron chi connectivity index (χ1n) is 8.10. The number of aliphatic carboxylic acids is 1. The fourth-order valence-corrected chi connectivity index (χ4v) is 2.44. The fourth-order valence-electron chi connectivity index (χ4n) is 2.44. The Balaban J connectivity index is 0.000000260. The Morgan fingerprint density at radius 1 is 1.08 bits per heavy atom. The van der Waals surface area contributed by atoms with E-state index in [-0.39, 0.29) is 24.0 Å². The van der Waals surface area contributed by atoms with Gasteiger partial charge in [0.1, 0.15) is 12.3 Å². The largest absolute Gasteiger partial charge is 0.481 e. The van der Waals surface area contributed by atoms with Crippen LogP contribution >= 0.6 is 0 Å². The molecule has 0 aromatic carbocycles. The number of amides is 2. The van der Waals surface area contributed by atoms with Crippen LogP contribution in [-0.2, 0) is 33.5 Å². The lowest BCUT2D eigenvalue weighted by molar-refractivity contribution is -0.147. The second kappa shape index (κ2) is 9.64. The summed E-state index contributed by atoms with van der Waals surface area (Å²) in [7, 11) is 1.23. The van der Waals surface area contributed by atoms with Crippen LogP contribution in [0.25, 0.3) is 0 Å². The molecule has 0 saturated carbocycles. The van der Waals surface area contributed by atoms with Crippen LogP contribution in [0.1, 0.15) is 39.0 Å². The molecule has 0 radical (unpaired) electrons. The Hall–Kier alpha value is -2.78. The predicted octanol–water partition coefficient (Wildman–Crippen LogP) is -1.05. The topological polar surface area (TPSA) is 156 Å². The number of hydrogen-bond donors (Lipinski definition) is 3. The molecule has 2 aliphatic rings. The molecule has 2 aliphatic heterocycles. The Morgan fingerprint density at radius 2 is 1.58 bits per heavy atom. The van der Waals surface area contributed by atoms with Crippen molar-refractivity contribution in [3.63, 3.8) is 0 Å². The third-order valence-electron chi connectivity index (χ3n) is 4.07. The van der Waals surface area contributed by atoms with Crippen LogP contribution in [0.3, 0.4) is 0 Å². The number of Topliss-reactive ketones (excluding diaryl/α,β-unsaturated/α-hetero) is 2. The number of methoxy groups -OCH3 is 1. The van der Waals surface area contributed by atoms with Crippen molar-refractivity contribution < 1.29 is 38.6 Å². The van der Waals surface area contributed by atoms with Crippen LogP contribution in [-0.4, -0.2) is 59.6 Å². The molecule has 26 heavy (non-hydrogen) atoms. The van der Waals surface area contributed by atoms with Gasteiger partial charge in [-0.3, -0.25) is 28.8 Å². The summed E-state index contributed by atoms with van der Waals surface area (Å²) >= 11 is 0. The van der Waals surface area contributed by atoms with E-state index in [1.807, 2.05) is 0 Å². The van der Waals surface area contributed by atoms with Crippen molar-refractivity contribution in [2.24, 2.45) is 5.92 Å². The minimum absolute atomic E-state index is 0.136. The van der Waals surface area contributed by atoms with Crippen LogP contribution < -0.4 is 10.6 Å². The average Bonchev–Trinajstić information content (AvgIpc) is 3.22. The third-order valence-corrected chi connectivity index (χ3v) is 4.07. The van der Waals surface area contributed by atoms with Crippen molar-refractivity contribution >= 4 is 35.3 Å². The van der Waals surface area contributed by atoms with E-state index in [1.54, 1.807) is 0 Å². The number of carboxylic acids is 1. The lowest BCUT2D eigenvalue weighted by Gasteiger charge is -2.11. The maximum Gasteiger partial charge on any atom is 0.313 e. The van der Waals surface area contributed by atoms with E-state index in [0.29, 0.717) is 25.7 Å². The van der Waals surface area contributed by atoms with Crippen molar-refractivity contribution in [2.45, 2.75) is 51.1 Å². The van der Waals surface area contributed by atoms with Crippen molar-refractivity contribution in [3.8, 4) is 0 Å². The van der Waals surface area contributed by atoms with Crippen LogP contribution in [0.15, 0.2) is 0 Å². The Kier molecular flexibility index (Phi) is 7.88. The quantitative estimate of drug-likeness (QED) is 0.395. The van der Waals surface area contributed by atoms with Crippen molar-refractivity contribution in [2.75, 3.05) is 7.11 Å². The van der Waals surface area contributed by atoms with Gasteiger partial charge in [-0.15, -0.1) is 0 Å². The molecule has 1 unspecified atom stereocenters. The highest BCUT2D eigenvalue weighted by Gasteiger charge is 2.33. The number of nitrogens with one attached hydrogen (secondary N) is 2. The molecule has 2 rings (SSSR count). The van der Waals surface area contributed by atoms with Gasteiger partial charge in [0.2, 0.25) is 11.8 Å². The number of ether oxygens (including phenoxy) is 1. The number of rotatable bonds is 6. The van der Waals surface area contributed by atoms with Gasteiger partial charge in [0.15, 0.2) is 11.6 Å². The maximum absolute atomic E-state index is 11.3. The van der Waals surface area contributed by atoms with Crippen molar-refractivity contribution in [1.82, 2.24) is 10.6 Å². The lowest BCUT2D eigenvalue weighted by atomic mass is 9.99. The number of hydrogen-bond acceptors (Lipinski definition) is 7. The molecule has 10 heteroatoms. The summed E-state index contributed by atoms with van der Waals surface area (Å²) in [5.41, 5.74) is 0. The predicted molar refractivity (Wildman–Crippen MR) is 85.8 cm³/mol. The standard InChI is InChI=1S/2C8H11NO4/c1-13-8(12)4-6(10)5-2-3-7(11)9-5;1-4(8(12)13)7(11)5-2-3-6(10)9-5/h5H,2-4H2,1H3,(H,9,11);4-5H,2-3H2,1H3,(H,9,10)(H,12,13)/t5-;4?,5-/m00/s1. The minimum atomic E-state index is -1.15. The van der Waals surface area contributed by atoms with Gasteiger partial charge in [-0.25, -0.2) is 0 Å². The van der Waals surface area contributed by atoms with E-state index in [0.717, 1.165) is 0 Å².